The first-order valence-electron chi connectivity index (χ1n) is 6.73. The molecule has 1 rings (SSSR count). The van der Waals surface area contributed by atoms with Crippen LogP contribution in [-0.4, -0.2) is 30.1 Å². The van der Waals surface area contributed by atoms with Crippen LogP contribution in [0, 0.1) is 5.92 Å². The van der Waals surface area contributed by atoms with Gasteiger partial charge in [0.05, 0.1) is 16.6 Å². The van der Waals surface area contributed by atoms with Gasteiger partial charge in [0.2, 0.25) is 0 Å². The Labute approximate surface area is 106 Å². The van der Waals surface area contributed by atoms with Gasteiger partial charge in [0.15, 0.2) is 9.84 Å². The lowest BCUT2D eigenvalue weighted by Gasteiger charge is -2.39. The standard InChI is InChI=1S/C13H26O3S/c1-4-5-10-17(15,16)13(2,3)11-8-6-7-9-12(11)14/h11-12,14H,4-10H2,1-3H3. The van der Waals surface area contributed by atoms with E-state index in [1.165, 1.54) is 0 Å². The lowest BCUT2D eigenvalue weighted by molar-refractivity contribution is 0.0523. The van der Waals surface area contributed by atoms with E-state index >= 15 is 0 Å². The smallest absolute Gasteiger partial charge is 0.155 e. The maximum absolute atomic E-state index is 12.3. The summed E-state index contributed by atoms with van der Waals surface area (Å²) in [5, 5.41) is 10.0. The fourth-order valence-electron chi connectivity index (χ4n) is 2.75. The molecule has 17 heavy (non-hydrogen) atoms. The Bertz CT molecular complexity index is 333. The minimum Gasteiger partial charge on any atom is -0.393 e. The van der Waals surface area contributed by atoms with Gasteiger partial charge in [0.25, 0.3) is 0 Å². The van der Waals surface area contributed by atoms with Crippen LogP contribution >= 0.6 is 0 Å². The number of rotatable bonds is 5. The third-order valence-corrected chi connectivity index (χ3v) is 6.92. The van der Waals surface area contributed by atoms with E-state index in [4.69, 9.17) is 0 Å². The monoisotopic (exact) mass is 262 g/mol. The van der Waals surface area contributed by atoms with Crippen molar-refractivity contribution < 1.29 is 13.5 Å². The van der Waals surface area contributed by atoms with Crippen molar-refractivity contribution in [2.75, 3.05) is 5.75 Å². The number of sulfone groups is 1. The molecule has 1 saturated carbocycles. The maximum atomic E-state index is 12.3. The summed E-state index contributed by atoms with van der Waals surface area (Å²) in [5.41, 5.74) is 0. The highest BCUT2D eigenvalue weighted by atomic mass is 32.2. The van der Waals surface area contributed by atoms with E-state index in [9.17, 15) is 13.5 Å². The third-order valence-electron chi connectivity index (χ3n) is 4.19. The summed E-state index contributed by atoms with van der Waals surface area (Å²) in [4.78, 5) is 0. The van der Waals surface area contributed by atoms with Crippen molar-refractivity contribution in [3.8, 4) is 0 Å². The van der Waals surface area contributed by atoms with Gasteiger partial charge in [-0.15, -0.1) is 0 Å². The summed E-state index contributed by atoms with van der Waals surface area (Å²) in [7, 11) is -3.11. The summed E-state index contributed by atoms with van der Waals surface area (Å²) < 4.78 is 23.9. The van der Waals surface area contributed by atoms with Gasteiger partial charge in [-0.3, -0.25) is 0 Å². The van der Waals surface area contributed by atoms with Gasteiger partial charge in [0.1, 0.15) is 0 Å². The van der Waals surface area contributed by atoms with E-state index in [1.54, 1.807) is 13.8 Å². The molecule has 0 spiro atoms. The van der Waals surface area contributed by atoms with Crippen LogP contribution in [0.4, 0.5) is 0 Å². The van der Waals surface area contributed by atoms with E-state index in [-0.39, 0.29) is 11.7 Å². The second-order valence-corrected chi connectivity index (χ2v) is 8.42. The molecule has 2 unspecified atom stereocenters. The van der Waals surface area contributed by atoms with Crippen LogP contribution in [0.25, 0.3) is 0 Å². The Morgan fingerprint density at radius 2 is 1.82 bits per heavy atom. The summed E-state index contributed by atoms with van der Waals surface area (Å²) in [6.45, 7) is 5.58. The second kappa shape index (κ2) is 5.70. The minimum atomic E-state index is -3.11. The first-order chi connectivity index (χ1) is 7.83. The number of aliphatic hydroxyl groups excluding tert-OH is 1. The topological polar surface area (TPSA) is 54.4 Å². The van der Waals surface area contributed by atoms with Gasteiger partial charge in [-0.2, -0.15) is 0 Å². The van der Waals surface area contributed by atoms with Crippen molar-refractivity contribution in [3.63, 3.8) is 0 Å². The first kappa shape index (κ1) is 15.0. The van der Waals surface area contributed by atoms with Crippen LogP contribution in [0.15, 0.2) is 0 Å². The summed E-state index contributed by atoms with van der Waals surface area (Å²) >= 11 is 0. The minimum absolute atomic E-state index is 0.0990. The highest BCUT2D eigenvalue weighted by molar-refractivity contribution is 7.92. The SMILES string of the molecule is CCCCS(=O)(=O)C(C)(C)C1CCCCC1O. The summed E-state index contributed by atoms with van der Waals surface area (Å²) in [6.07, 6.45) is 4.79. The molecule has 0 bridgehead atoms. The molecule has 1 fully saturated rings. The molecule has 0 heterocycles. The van der Waals surface area contributed by atoms with E-state index in [2.05, 4.69) is 0 Å². The summed E-state index contributed by atoms with van der Waals surface area (Å²) in [5.74, 6) is 0.151. The zero-order valence-corrected chi connectivity index (χ0v) is 12.1. The molecular formula is C13H26O3S. The molecule has 102 valence electrons. The van der Waals surface area contributed by atoms with Gasteiger partial charge in [-0.1, -0.05) is 26.2 Å². The Morgan fingerprint density at radius 3 is 2.35 bits per heavy atom. The van der Waals surface area contributed by atoms with Gasteiger partial charge < -0.3 is 5.11 Å². The van der Waals surface area contributed by atoms with Crippen molar-refractivity contribution in [1.29, 1.82) is 0 Å². The highest BCUT2D eigenvalue weighted by Crippen LogP contribution is 2.38. The zero-order valence-electron chi connectivity index (χ0n) is 11.3. The van der Waals surface area contributed by atoms with E-state index in [1.807, 2.05) is 6.92 Å². The van der Waals surface area contributed by atoms with Gasteiger partial charge in [-0.25, -0.2) is 8.42 Å². The van der Waals surface area contributed by atoms with Crippen molar-refractivity contribution in [2.45, 2.75) is 70.1 Å². The van der Waals surface area contributed by atoms with Gasteiger partial charge in [0, 0.05) is 5.92 Å². The van der Waals surface area contributed by atoms with Crippen molar-refractivity contribution >= 4 is 9.84 Å². The van der Waals surface area contributed by atoms with Gasteiger partial charge in [-0.05, 0) is 33.1 Å². The Kier molecular flexibility index (Phi) is 5.02. The predicted molar refractivity (Wildman–Crippen MR) is 70.7 cm³/mol. The molecule has 1 aliphatic carbocycles. The average Bonchev–Trinajstić information content (AvgIpc) is 2.26. The van der Waals surface area contributed by atoms with Crippen molar-refractivity contribution in [3.05, 3.63) is 0 Å². The second-order valence-electron chi connectivity index (χ2n) is 5.73. The number of hydrogen-bond acceptors (Lipinski definition) is 3. The number of unbranched alkanes of at least 4 members (excludes halogenated alkanes) is 1. The molecular weight excluding hydrogens is 236 g/mol. The lowest BCUT2D eigenvalue weighted by Crippen LogP contribution is -2.47. The lowest BCUT2D eigenvalue weighted by atomic mass is 9.79. The zero-order chi connectivity index (χ0) is 13.1. The molecule has 0 aromatic rings. The van der Waals surface area contributed by atoms with E-state index < -0.39 is 20.7 Å². The molecule has 1 N–H and O–H groups in total. The molecule has 0 amide bonds. The fourth-order valence-corrected chi connectivity index (χ4v) is 4.68. The molecule has 0 aromatic heterocycles. The number of hydrogen-bond donors (Lipinski definition) is 1. The van der Waals surface area contributed by atoms with Crippen LogP contribution in [0.1, 0.15) is 59.3 Å². The summed E-state index contributed by atoms with van der Waals surface area (Å²) in [6, 6.07) is 0. The molecule has 0 aliphatic heterocycles. The van der Waals surface area contributed by atoms with Crippen molar-refractivity contribution in [2.24, 2.45) is 5.92 Å². The van der Waals surface area contributed by atoms with E-state index in [0.29, 0.717) is 6.42 Å². The van der Waals surface area contributed by atoms with Gasteiger partial charge >= 0.3 is 0 Å². The predicted octanol–water partition coefficient (Wildman–Crippen LogP) is 2.53. The Balaban J connectivity index is 2.84. The van der Waals surface area contributed by atoms with Crippen LogP contribution in [0.3, 0.4) is 0 Å². The normalized spacial score (nSPS) is 27.1. The molecule has 0 saturated heterocycles. The molecule has 0 aromatic carbocycles. The Morgan fingerprint density at radius 1 is 1.24 bits per heavy atom. The first-order valence-corrected chi connectivity index (χ1v) is 8.38. The maximum Gasteiger partial charge on any atom is 0.155 e. The Hall–Kier alpha value is -0.0900. The molecule has 2 atom stereocenters. The van der Waals surface area contributed by atoms with Crippen LogP contribution < -0.4 is 0 Å². The van der Waals surface area contributed by atoms with Crippen LogP contribution in [0.2, 0.25) is 0 Å². The largest absolute Gasteiger partial charge is 0.393 e. The fraction of sp³-hybridized carbons (Fsp3) is 1.00. The molecule has 4 heteroatoms. The molecule has 1 aliphatic rings. The number of aliphatic hydroxyl groups is 1. The van der Waals surface area contributed by atoms with Crippen LogP contribution in [0.5, 0.6) is 0 Å². The molecule has 0 radical (unpaired) electrons. The quantitative estimate of drug-likeness (QED) is 0.828. The third kappa shape index (κ3) is 3.22. The molecule has 3 nitrogen and oxygen atoms in total. The average molecular weight is 262 g/mol. The van der Waals surface area contributed by atoms with Crippen LogP contribution in [-0.2, 0) is 9.84 Å². The highest BCUT2D eigenvalue weighted by Gasteiger charge is 2.44. The van der Waals surface area contributed by atoms with Crippen molar-refractivity contribution in [1.82, 2.24) is 0 Å². The van der Waals surface area contributed by atoms with E-state index in [0.717, 1.165) is 32.1 Å².